The average Bonchev–Trinajstić information content (AvgIpc) is 1.55. The van der Waals surface area contributed by atoms with Crippen LogP contribution in [0.5, 0.6) is 0 Å². The van der Waals surface area contributed by atoms with E-state index in [2.05, 4.69) is 54.6 Å². The van der Waals surface area contributed by atoms with Crippen molar-refractivity contribution < 1.29 is 26.3 Å². The predicted molar refractivity (Wildman–Crippen MR) is 340 cm³/mol. The molecule has 11 aromatic carbocycles. The van der Waals surface area contributed by atoms with Gasteiger partial charge >= 0.3 is 12.4 Å². The van der Waals surface area contributed by atoms with Gasteiger partial charge in [-0.15, -0.1) is 0 Å². The minimum absolute atomic E-state index is 0.0506. The summed E-state index contributed by atoms with van der Waals surface area (Å²) in [6.07, 6.45) is -10.4. The van der Waals surface area contributed by atoms with E-state index < -0.39 is 29.0 Å². The average molecular weight is 1230 g/mol. The lowest BCUT2D eigenvalue weighted by atomic mass is 9.93. The molecule has 0 fully saturated rings. The van der Waals surface area contributed by atoms with Crippen molar-refractivity contribution in [2.75, 3.05) is 0 Å². The molecule has 2 heterocycles. The van der Waals surface area contributed by atoms with E-state index in [-0.39, 0.29) is 67.4 Å². The lowest BCUT2D eigenvalue weighted by Crippen LogP contribution is -2.11. The van der Waals surface area contributed by atoms with Crippen molar-refractivity contribution in [1.82, 2.24) is 9.13 Å². The summed E-state index contributed by atoms with van der Waals surface area (Å²) in [6.45, 7) is 0. The molecule has 0 saturated heterocycles. The first-order valence-corrected chi connectivity index (χ1v) is 28.4. The summed E-state index contributed by atoms with van der Waals surface area (Å²) < 4.78 is 92.4. The van der Waals surface area contributed by atoms with Crippen LogP contribution >= 0.6 is 0 Å². The number of alkyl halides is 6. The van der Waals surface area contributed by atoms with E-state index in [0.29, 0.717) is 117 Å². The SMILES string of the molecule is N#Cc1ccc(-c2ccc3c(c2)c2cc(-c4ccc(C#N)cc4C#N)ccc2n3-c2ccc(C#N)cc2-c2ccc(-c3cc(C(F)(F)F)cc(C(F)(F)F)c3)cc2-n2c3ccc(-c4ccc(C#N)cc4C#N)cc3c3cc(-c4ccc(C#N)cc4C#N)ccc32)c(C#N)c1. The van der Waals surface area contributed by atoms with E-state index in [1.807, 2.05) is 41.0 Å². The van der Waals surface area contributed by atoms with Gasteiger partial charge < -0.3 is 9.13 Å². The minimum Gasteiger partial charge on any atom is -0.309 e. The molecule has 0 spiro atoms. The van der Waals surface area contributed by atoms with Gasteiger partial charge in [0.1, 0.15) is 0 Å². The summed E-state index contributed by atoms with van der Waals surface area (Å²) in [7, 11) is 0. The predicted octanol–water partition coefficient (Wildman–Crippen LogP) is 18.8. The number of nitriles is 9. The Bertz CT molecular complexity index is 5620. The molecule has 0 atom stereocenters. The number of hydrogen-bond donors (Lipinski definition) is 0. The zero-order valence-corrected chi connectivity index (χ0v) is 48.2. The fraction of sp³-hybridized carbons (Fsp3) is 0.0260. The molecule has 0 aliphatic heterocycles. The Kier molecular flexibility index (Phi) is 14.4. The topological polar surface area (TPSA) is 224 Å². The molecular formula is C77H33F6N11. The van der Waals surface area contributed by atoms with Crippen LogP contribution in [0.2, 0.25) is 0 Å². The Balaban J connectivity index is 1.15. The van der Waals surface area contributed by atoms with Crippen LogP contribution in [-0.4, -0.2) is 9.13 Å². The zero-order valence-electron chi connectivity index (χ0n) is 48.2. The van der Waals surface area contributed by atoms with Gasteiger partial charge in [0.2, 0.25) is 0 Å². The van der Waals surface area contributed by atoms with Gasteiger partial charge in [-0.05, 0) is 195 Å². The van der Waals surface area contributed by atoms with Crippen molar-refractivity contribution in [2.24, 2.45) is 0 Å². The molecule has 0 N–H and O–H groups in total. The quantitative estimate of drug-likeness (QED) is 0.132. The molecule has 2 aromatic heterocycles. The Morgan fingerprint density at radius 2 is 0.532 bits per heavy atom. The highest BCUT2D eigenvalue weighted by Gasteiger charge is 2.37. The fourth-order valence-corrected chi connectivity index (χ4v) is 12.3. The molecule has 0 aliphatic carbocycles. The van der Waals surface area contributed by atoms with Gasteiger partial charge in [0, 0.05) is 32.7 Å². The van der Waals surface area contributed by atoms with E-state index in [9.17, 15) is 73.7 Å². The van der Waals surface area contributed by atoms with Crippen molar-refractivity contribution >= 4 is 43.6 Å². The second-order valence-corrected chi connectivity index (χ2v) is 21.9. The molecule has 438 valence electrons. The largest absolute Gasteiger partial charge is 0.416 e. The molecule has 0 amide bonds. The highest BCUT2D eigenvalue weighted by atomic mass is 19.4. The Morgan fingerprint density at radius 1 is 0.234 bits per heavy atom. The van der Waals surface area contributed by atoms with E-state index in [4.69, 9.17) is 0 Å². The summed E-state index contributed by atoms with van der Waals surface area (Å²) >= 11 is 0. The number of hydrogen-bond acceptors (Lipinski definition) is 9. The van der Waals surface area contributed by atoms with Gasteiger partial charge in [0.25, 0.3) is 0 Å². The van der Waals surface area contributed by atoms with Crippen molar-refractivity contribution in [3.8, 4) is 133 Å². The molecule has 11 nitrogen and oxygen atoms in total. The van der Waals surface area contributed by atoms with Gasteiger partial charge in [-0.2, -0.15) is 73.7 Å². The summed E-state index contributed by atoms with van der Waals surface area (Å²) in [6, 6.07) is 70.5. The number of halogens is 6. The Hall–Kier alpha value is -14.0. The van der Waals surface area contributed by atoms with E-state index in [1.165, 1.54) is 36.4 Å². The van der Waals surface area contributed by atoms with Crippen molar-refractivity contribution in [3.05, 3.63) is 261 Å². The Labute approximate surface area is 530 Å². The summed E-state index contributed by atoms with van der Waals surface area (Å²) in [5, 5.41) is 93.7. The van der Waals surface area contributed by atoms with Crippen LogP contribution in [0.25, 0.3) is 122 Å². The number of aromatic nitrogens is 2. The van der Waals surface area contributed by atoms with Gasteiger partial charge in [-0.25, -0.2) is 0 Å². The van der Waals surface area contributed by atoms with Gasteiger partial charge in [-0.3, -0.25) is 0 Å². The van der Waals surface area contributed by atoms with Crippen LogP contribution < -0.4 is 0 Å². The summed E-state index contributed by atoms with van der Waals surface area (Å²) in [5.74, 6) is 0. The van der Waals surface area contributed by atoms with Crippen LogP contribution in [-0.2, 0) is 12.4 Å². The zero-order chi connectivity index (χ0) is 65.9. The van der Waals surface area contributed by atoms with E-state index >= 15 is 0 Å². The lowest BCUT2D eigenvalue weighted by Gasteiger charge is -2.21. The molecule has 13 aromatic rings. The van der Waals surface area contributed by atoms with Crippen LogP contribution in [0, 0.1) is 102 Å². The highest BCUT2D eigenvalue weighted by Crippen LogP contribution is 2.47. The molecule has 0 saturated carbocycles. The molecular weight excluding hydrogens is 1190 g/mol. The van der Waals surface area contributed by atoms with E-state index in [0.717, 1.165) is 0 Å². The first-order chi connectivity index (χ1) is 45.4. The third kappa shape index (κ3) is 10.1. The molecule has 0 bridgehead atoms. The smallest absolute Gasteiger partial charge is 0.309 e. The highest BCUT2D eigenvalue weighted by molar-refractivity contribution is 6.14. The van der Waals surface area contributed by atoms with Crippen molar-refractivity contribution in [2.45, 2.75) is 12.4 Å². The lowest BCUT2D eigenvalue weighted by molar-refractivity contribution is -0.143. The maximum Gasteiger partial charge on any atom is 0.416 e. The molecule has 0 aliphatic rings. The standard InChI is InChI=1S/C77H33F6N11/c78-76(79,80)58-26-53(27-59(33-58)77(81,82)83)48-6-15-64(75(32-48)94-73-19-9-51(62-13-3-45(36-86)23-56(62)41-91)30-68(73)69-31-52(10-20-74(69)94)63-14-4-46(37-87)24-57(63)42-92)65-25-47(38-88)5-16-70(65)93-71-17-7-49(60-11-1-43(34-84)21-54(60)39-89)28-66(71)67-29-50(8-18-72(67)93)61-12-2-44(35-85)22-55(61)40-90/h1-33H. The van der Waals surface area contributed by atoms with Crippen LogP contribution in [0.15, 0.2) is 200 Å². The molecule has 17 heteroatoms. The first-order valence-electron chi connectivity index (χ1n) is 28.4. The van der Waals surface area contributed by atoms with Crippen LogP contribution in [0.1, 0.15) is 61.2 Å². The molecule has 94 heavy (non-hydrogen) atoms. The van der Waals surface area contributed by atoms with Gasteiger partial charge in [0.15, 0.2) is 0 Å². The molecule has 0 unspecified atom stereocenters. The third-order valence-electron chi connectivity index (χ3n) is 16.7. The minimum atomic E-state index is -5.21. The van der Waals surface area contributed by atoms with Gasteiger partial charge in [-0.1, -0.05) is 60.7 Å². The fourth-order valence-electron chi connectivity index (χ4n) is 12.3. The molecule has 0 radical (unpaired) electrons. The number of benzene rings is 11. The maximum absolute atomic E-state index is 14.8. The molecule has 13 rings (SSSR count). The van der Waals surface area contributed by atoms with Crippen LogP contribution in [0.4, 0.5) is 26.3 Å². The van der Waals surface area contributed by atoms with Gasteiger partial charge in [0.05, 0.1) is 149 Å². The monoisotopic (exact) mass is 1230 g/mol. The third-order valence-corrected chi connectivity index (χ3v) is 16.7. The number of nitrogens with zero attached hydrogens (tertiary/aromatic N) is 11. The summed E-state index contributed by atoms with van der Waals surface area (Å²) in [5.41, 5.74) is 5.90. The second-order valence-electron chi connectivity index (χ2n) is 21.9. The Morgan fingerprint density at radius 3 is 0.851 bits per heavy atom. The summed E-state index contributed by atoms with van der Waals surface area (Å²) in [4.78, 5) is 0. The first kappa shape index (κ1) is 59.0. The van der Waals surface area contributed by atoms with E-state index in [1.54, 1.807) is 114 Å². The second kappa shape index (κ2) is 22.9. The maximum atomic E-state index is 14.8. The van der Waals surface area contributed by atoms with Crippen molar-refractivity contribution in [1.29, 1.82) is 47.4 Å². The van der Waals surface area contributed by atoms with Crippen molar-refractivity contribution in [3.63, 3.8) is 0 Å². The normalized spacial score (nSPS) is 11.2. The van der Waals surface area contributed by atoms with Crippen LogP contribution in [0.3, 0.4) is 0 Å². The number of fused-ring (bicyclic) bond motifs is 6. The number of rotatable bonds is 8.